The number of carbonyl (C=O) groups is 2. The number of hydrogen-bond donors (Lipinski definition) is 1. The largest absolute Gasteiger partial charge is 0.340 e. The van der Waals surface area contributed by atoms with Crippen LogP contribution < -0.4 is 5.32 Å². The highest BCUT2D eigenvalue weighted by molar-refractivity contribution is 6.00. The average Bonchev–Trinajstić information content (AvgIpc) is 2.41. The van der Waals surface area contributed by atoms with Crippen LogP contribution in [-0.4, -0.2) is 34.3 Å². The Balaban J connectivity index is 1.88. The smallest absolute Gasteiger partial charge is 0.249 e. The van der Waals surface area contributed by atoms with Crippen LogP contribution in [0.15, 0.2) is 0 Å². The van der Waals surface area contributed by atoms with Crippen molar-refractivity contribution in [1.82, 2.24) is 10.2 Å². The van der Waals surface area contributed by atoms with E-state index in [0.29, 0.717) is 12.3 Å². The van der Waals surface area contributed by atoms with Gasteiger partial charge >= 0.3 is 0 Å². The van der Waals surface area contributed by atoms with Crippen molar-refractivity contribution in [2.75, 3.05) is 0 Å². The van der Waals surface area contributed by atoms with Gasteiger partial charge in [-0.15, -0.1) is 0 Å². The van der Waals surface area contributed by atoms with E-state index < -0.39 is 5.54 Å². The van der Waals surface area contributed by atoms with Crippen LogP contribution in [-0.2, 0) is 9.59 Å². The Labute approximate surface area is 127 Å². The minimum Gasteiger partial charge on any atom is -0.340 e. The van der Waals surface area contributed by atoms with Gasteiger partial charge in [-0.2, -0.15) is 0 Å². The molecule has 0 bridgehead atoms. The van der Waals surface area contributed by atoms with E-state index in [9.17, 15) is 9.59 Å². The van der Waals surface area contributed by atoms with Crippen molar-refractivity contribution in [1.29, 1.82) is 0 Å². The zero-order valence-electron chi connectivity index (χ0n) is 13.4. The van der Waals surface area contributed by atoms with Gasteiger partial charge in [0.2, 0.25) is 11.8 Å². The highest BCUT2D eigenvalue weighted by Gasteiger charge is 2.52. The van der Waals surface area contributed by atoms with Gasteiger partial charge in [0, 0.05) is 6.04 Å². The topological polar surface area (TPSA) is 49.4 Å². The molecule has 4 nitrogen and oxygen atoms in total. The first-order valence-corrected chi connectivity index (χ1v) is 8.74. The summed E-state index contributed by atoms with van der Waals surface area (Å²) in [5.41, 5.74) is -0.584. The molecule has 118 valence electrons. The van der Waals surface area contributed by atoms with Gasteiger partial charge in [-0.05, 0) is 44.9 Å². The standard InChI is InChI=1S/C17H28N2O2/c1-3-14-15(20)18-17(10-5-4-6-11-17)16(21)19(14)12(2)13-8-7-9-13/h12-14H,3-11H2,1-2H3,(H,18,20). The molecular formula is C17H28N2O2. The maximum Gasteiger partial charge on any atom is 0.249 e. The molecule has 0 aromatic rings. The molecule has 1 heterocycles. The Morgan fingerprint density at radius 2 is 1.86 bits per heavy atom. The number of piperazine rings is 1. The van der Waals surface area contributed by atoms with E-state index in [-0.39, 0.29) is 23.9 Å². The van der Waals surface area contributed by atoms with Gasteiger partial charge in [-0.25, -0.2) is 0 Å². The monoisotopic (exact) mass is 292 g/mol. The molecule has 2 aliphatic carbocycles. The lowest BCUT2D eigenvalue weighted by Gasteiger charge is -2.51. The first-order chi connectivity index (χ1) is 10.1. The van der Waals surface area contributed by atoms with E-state index in [4.69, 9.17) is 0 Å². The van der Waals surface area contributed by atoms with Crippen LogP contribution in [0.4, 0.5) is 0 Å². The lowest BCUT2D eigenvalue weighted by molar-refractivity contribution is -0.161. The summed E-state index contributed by atoms with van der Waals surface area (Å²) in [7, 11) is 0. The van der Waals surface area contributed by atoms with Gasteiger partial charge in [0.1, 0.15) is 11.6 Å². The molecule has 2 unspecified atom stereocenters. The van der Waals surface area contributed by atoms with Crippen molar-refractivity contribution in [2.45, 2.75) is 89.3 Å². The van der Waals surface area contributed by atoms with Gasteiger partial charge in [-0.3, -0.25) is 9.59 Å². The first-order valence-electron chi connectivity index (χ1n) is 8.74. The van der Waals surface area contributed by atoms with Crippen molar-refractivity contribution in [3.63, 3.8) is 0 Å². The number of carbonyl (C=O) groups excluding carboxylic acids is 2. The lowest BCUT2D eigenvalue weighted by Crippen LogP contribution is -2.72. The third-order valence-electron chi connectivity index (χ3n) is 6.01. The second-order valence-electron chi connectivity index (χ2n) is 7.20. The van der Waals surface area contributed by atoms with E-state index in [1.807, 2.05) is 11.8 Å². The molecule has 4 heteroatoms. The third kappa shape index (κ3) is 2.36. The van der Waals surface area contributed by atoms with Crippen molar-refractivity contribution < 1.29 is 9.59 Å². The Morgan fingerprint density at radius 1 is 1.19 bits per heavy atom. The molecule has 1 spiro atoms. The summed E-state index contributed by atoms with van der Waals surface area (Å²) in [4.78, 5) is 27.8. The van der Waals surface area contributed by atoms with Crippen LogP contribution in [0.5, 0.6) is 0 Å². The normalized spacial score (nSPS) is 31.0. The van der Waals surface area contributed by atoms with Crippen molar-refractivity contribution >= 4 is 11.8 Å². The molecule has 1 saturated heterocycles. The summed E-state index contributed by atoms with van der Waals surface area (Å²) in [5, 5.41) is 3.11. The van der Waals surface area contributed by atoms with Crippen LogP contribution in [0.1, 0.15) is 71.6 Å². The van der Waals surface area contributed by atoms with Crippen molar-refractivity contribution in [3.8, 4) is 0 Å². The molecule has 1 N–H and O–H groups in total. The summed E-state index contributed by atoms with van der Waals surface area (Å²) < 4.78 is 0. The second kappa shape index (κ2) is 5.62. The Hall–Kier alpha value is -1.06. The molecule has 2 saturated carbocycles. The molecule has 2 atom stereocenters. The van der Waals surface area contributed by atoms with E-state index in [2.05, 4.69) is 12.2 Å². The van der Waals surface area contributed by atoms with E-state index in [1.165, 1.54) is 25.7 Å². The molecule has 0 aromatic heterocycles. The zero-order valence-corrected chi connectivity index (χ0v) is 13.4. The van der Waals surface area contributed by atoms with E-state index >= 15 is 0 Å². The molecule has 1 aliphatic heterocycles. The second-order valence-corrected chi connectivity index (χ2v) is 7.20. The molecule has 3 aliphatic rings. The van der Waals surface area contributed by atoms with Crippen LogP contribution in [0.25, 0.3) is 0 Å². The lowest BCUT2D eigenvalue weighted by atomic mass is 9.75. The third-order valence-corrected chi connectivity index (χ3v) is 6.01. The molecule has 3 rings (SSSR count). The van der Waals surface area contributed by atoms with Gasteiger partial charge < -0.3 is 10.2 Å². The highest BCUT2D eigenvalue weighted by Crippen LogP contribution is 2.39. The summed E-state index contributed by atoms with van der Waals surface area (Å²) in [5.74, 6) is 0.868. The molecule has 2 amide bonds. The average molecular weight is 292 g/mol. The van der Waals surface area contributed by atoms with Crippen molar-refractivity contribution in [3.05, 3.63) is 0 Å². The minimum atomic E-state index is -0.584. The summed E-state index contributed by atoms with van der Waals surface area (Å²) >= 11 is 0. The predicted molar refractivity (Wildman–Crippen MR) is 81.7 cm³/mol. The van der Waals surface area contributed by atoms with Crippen LogP contribution in [0.3, 0.4) is 0 Å². The highest BCUT2D eigenvalue weighted by atomic mass is 16.2. The first kappa shape index (κ1) is 14.9. The van der Waals surface area contributed by atoms with Gasteiger partial charge in [-0.1, -0.05) is 32.6 Å². The van der Waals surface area contributed by atoms with Crippen LogP contribution in [0, 0.1) is 5.92 Å². The number of amides is 2. The Kier molecular flexibility index (Phi) is 3.98. The van der Waals surface area contributed by atoms with E-state index in [0.717, 1.165) is 25.7 Å². The Bertz CT molecular complexity index is 425. The molecular weight excluding hydrogens is 264 g/mol. The fourth-order valence-electron chi connectivity index (χ4n) is 4.38. The predicted octanol–water partition coefficient (Wildman–Crippen LogP) is 2.61. The van der Waals surface area contributed by atoms with Gasteiger partial charge in [0.15, 0.2) is 0 Å². The fourth-order valence-corrected chi connectivity index (χ4v) is 4.38. The SMILES string of the molecule is CCC1C(=O)NC2(CCCCC2)C(=O)N1C(C)C1CCC1. The van der Waals surface area contributed by atoms with Gasteiger partial charge in [0.25, 0.3) is 0 Å². The minimum absolute atomic E-state index is 0.0742. The van der Waals surface area contributed by atoms with E-state index in [1.54, 1.807) is 0 Å². The molecule has 3 fully saturated rings. The molecule has 21 heavy (non-hydrogen) atoms. The number of nitrogens with one attached hydrogen (secondary N) is 1. The summed E-state index contributed by atoms with van der Waals surface area (Å²) in [6.07, 6.45) is 9.31. The number of hydrogen-bond acceptors (Lipinski definition) is 2. The maximum atomic E-state index is 13.2. The molecule has 0 radical (unpaired) electrons. The number of rotatable bonds is 3. The Morgan fingerprint density at radius 3 is 2.38 bits per heavy atom. The van der Waals surface area contributed by atoms with Gasteiger partial charge in [0.05, 0.1) is 0 Å². The maximum absolute atomic E-state index is 13.2. The van der Waals surface area contributed by atoms with Crippen LogP contribution >= 0.6 is 0 Å². The quantitative estimate of drug-likeness (QED) is 0.869. The molecule has 0 aromatic carbocycles. The van der Waals surface area contributed by atoms with Crippen molar-refractivity contribution in [2.24, 2.45) is 5.92 Å². The fraction of sp³-hybridized carbons (Fsp3) is 0.882. The summed E-state index contributed by atoms with van der Waals surface area (Å²) in [6, 6.07) is -0.0540. The zero-order chi connectivity index (χ0) is 15.0. The number of nitrogens with zero attached hydrogens (tertiary/aromatic N) is 1. The summed E-state index contributed by atoms with van der Waals surface area (Å²) in [6.45, 7) is 4.16. The van der Waals surface area contributed by atoms with Crippen LogP contribution in [0.2, 0.25) is 0 Å².